The maximum absolute atomic E-state index is 14.4. The van der Waals surface area contributed by atoms with E-state index in [9.17, 15) is 23.6 Å². The summed E-state index contributed by atoms with van der Waals surface area (Å²) in [5.41, 5.74) is 1.34. The van der Waals surface area contributed by atoms with Crippen LogP contribution in [0.4, 0.5) is 4.39 Å². The highest BCUT2D eigenvalue weighted by Gasteiger charge is 2.27. The zero-order chi connectivity index (χ0) is 26.9. The SMILES string of the molecule is CC(C)CC(=O)N1CC(=O)NCCCc2ccc(F)c(c2)C(=O)N[C@H](C)C(=O)N[C@@H](c2ccccc2)C1. The molecule has 0 unspecified atom stereocenters. The third kappa shape index (κ3) is 8.13. The first kappa shape index (κ1) is 27.8. The summed E-state index contributed by atoms with van der Waals surface area (Å²) in [4.78, 5) is 53.2. The molecule has 1 aliphatic rings. The van der Waals surface area contributed by atoms with Crippen LogP contribution in [0.5, 0.6) is 0 Å². The average molecular weight is 511 g/mol. The van der Waals surface area contributed by atoms with Gasteiger partial charge in [-0.3, -0.25) is 19.2 Å². The molecule has 198 valence electrons. The molecule has 4 amide bonds. The van der Waals surface area contributed by atoms with Crippen LogP contribution in [0, 0.1) is 11.7 Å². The highest BCUT2D eigenvalue weighted by atomic mass is 19.1. The number of carbonyl (C=O) groups is 4. The van der Waals surface area contributed by atoms with Crippen LogP contribution < -0.4 is 16.0 Å². The first-order valence-electron chi connectivity index (χ1n) is 12.6. The number of nitrogens with one attached hydrogen (secondary N) is 3. The molecule has 0 saturated carbocycles. The smallest absolute Gasteiger partial charge is 0.254 e. The van der Waals surface area contributed by atoms with Gasteiger partial charge in [0.25, 0.3) is 5.91 Å². The van der Waals surface area contributed by atoms with Gasteiger partial charge in [0.2, 0.25) is 17.7 Å². The average Bonchev–Trinajstić information content (AvgIpc) is 2.86. The Morgan fingerprint density at radius 2 is 1.81 bits per heavy atom. The fourth-order valence-electron chi connectivity index (χ4n) is 4.16. The van der Waals surface area contributed by atoms with E-state index >= 15 is 0 Å². The van der Waals surface area contributed by atoms with Crippen LogP contribution in [0.25, 0.3) is 0 Å². The highest BCUT2D eigenvalue weighted by Crippen LogP contribution is 2.17. The lowest BCUT2D eigenvalue weighted by Gasteiger charge is -2.29. The zero-order valence-corrected chi connectivity index (χ0v) is 21.6. The Morgan fingerprint density at radius 3 is 2.51 bits per heavy atom. The Hall–Kier alpha value is -3.75. The summed E-state index contributed by atoms with van der Waals surface area (Å²) >= 11 is 0. The minimum atomic E-state index is -0.972. The van der Waals surface area contributed by atoms with Crippen LogP contribution >= 0.6 is 0 Å². The van der Waals surface area contributed by atoms with Crippen molar-refractivity contribution in [3.8, 4) is 0 Å². The van der Waals surface area contributed by atoms with Crippen molar-refractivity contribution >= 4 is 23.6 Å². The van der Waals surface area contributed by atoms with E-state index in [0.29, 0.717) is 19.4 Å². The number of nitrogens with zero attached hydrogens (tertiary/aromatic N) is 1. The van der Waals surface area contributed by atoms with E-state index in [-0.39, 0.29) is 42.8 Å². The minimum Gasteiger partial charge on any atom is -0.355 e. The van der Waals surface area contributed by atoms with Gasteiger partial charge in [-0.15, -0.1) is 0 Å². The van der Waals surface area contributed by atoms with Gasteiger partial charge in [-0.25, -0.2) is 4.39 Å². The van der Waals surface area contributed by atoms with E-state index in [0.717, 1.165) is 11.1 Å². The van der Waals surface area contributed by atoms with Crippen LogP contribution in [0.15, 0.2) is 48.5 Å². The molecule has 1 heterocycles. The van der Waals surface area contributed by atoms with Gasteiger partial charge in [-0.05, 0) is 48.9 Å². The third-order valence-electron chi connectivity index (χ3n) is 6.17. The van der Waals surface area contributed by atoms with Crippen LogP contribution in [0.3, 0.4) is 0 Å². The molecule has 2 aromatic rings. The van der Waals surface area contributed by atoms with E-state index in [4.69, 9.17) is 0 Å². The predicted octanol–water partition coefficient (Wildman–Crippen LogP) is 2.74. The molecule has 2 bridgehead atoms. The first-order chi connectivity index (χ1) is 17.6. The number of fused-ring (bicyclic) bond motifs is 2. The van der Waals surface area contributed by atoms with Gasteiger partial charge < -0.3 is 20.9 Å². The summed E-state index contributed by atoms with van der Waals surface area (Å²) in [5, 5.41) is 8.31. The molecule has 8 nitrogen and oxygen atoms in total. The number of carbonyl (C=O) groups excluding carboxylic acids is 4. The Morgan fingerprint density at radius 1 is 1.08 bits per heavy atom. The lowest BCUT2D eigenvalue weighted by molar-refractivity contribution is -0.137. The molecule has 1 aliphatic heterocycles. The van der Waals surface area contributed by atoms with Crippen molar-refractivity contribution in [1.82, 2.24) is 20.9 Å². The largest absolute Gasteiger partial charge is 0.355 e. The summed E-state index contributed by atoms with van der Waals surface area (Å²) in [5.74, 6) is -2.26. The van der Waals surface area contributed by atoms with Crippen molar-refractivity contribution in [1.29, 1.82) is 0 Å². The van der Waals surface area contributed by atoms with Gasteiger partial charge >= 0.3 is 0 Å². The standard InChI is InChI=1S/C28H35FN4O4/c1-18(2)14-26(35)33-16-24(21-9-5-4-6-10-21)32-27(36)19(3)31-28(37)22-15-20(11-12-23(22)29)8-7-13-30-25(34)17-33/h4-6,9-12,15,18-19,24H,7-8,13-14,16-17H2,1-3H3,(H,30,34)(H,31,37)(H,32,36)/t19-,24-/m1/s1. The van der Waals surface area contributed by atoms with Crippen molar-refractivity contribution in [3.63, 3.8) is 0 Å². The van der Waals surface area contributed by atoms with Crippen molar-refractivity contribution in [2.75, 3.05) is 19.6 Å². The number of hydrogen-bond donors (Lipinski definition) is 3. The Labute approximate surface area is 217 Å². The molecular formula is C28H35FN4O4. The molecule has 0 fully saturated rings. The van der Waals surface area contributed by atoms with E-state index in [1.54, 1.807) is 6.07 Å². The van der Waals surface area contributed by atoms with Crippen LogP contribution in [-0.2, 0) is 20.8 Å². The molecule has 0 aliphatic carbocycles. The fourth-order valence-corrected chi connectivity index (χ4v) is 4.16. The topological polar surface area (TPSA) is 108 Å². The lowest BCUT2D eigenvalue weighted by Crippen LogP contribution is -2.50. The van der Waals surface area contributed by atoms with Crippen LogP contribution in [-0.4, -0.2) is 54.2 Å². The van der Waals surface area contributed by atoms with Crippen molar-refractivity contribution in [2.24, 2.45) is 5.92 Å². The molecule has 2 atom stereocenters. The lowest BCUT2D eigenvalue weighted by atomic mass is 10.0. The molecule has 0 aromatic heterocycles. The maximum Gasteiger partial charge on any atom is 0.254 e. The maximum atomic E-state index is 14.4. The molecule has 3 rings (SSSR count). The summed E-state index contributed by atoms with van der Waals surface area (Å²) in [7, 11) is 0. The Kier molecular flexibility index (Phi) is 9.77. The second-order valence-corrected chi connectivity index (χ2v) is 9.81. The monoisotopic (exact) mass is 510 g/mol. The van der Waals surface area contributed by atoms with Crippen LogP contribution in [0.1, 0.15) is 61.1 Å². The van der Waals surface area contributed by atoms with Gasteiger partial charge in [0.1, 0.15) is 11.9 Å². The summed E-state index contributed by atoms with van der Waals surface area (Å²) in [6.45, 7) is 5.66. The molecule has 0 radical (unpaired) electrons. The van der Waals surface area contributed by atoms with Crippen molar-refractivity contribution < 1.29 is 23.6 Å². The summed E-state index contributed by atoms with van der Waals surface area (Å²) in [6, 6.07) is 11.8. The summed E-state index contributed by atoms with van der Waals surface area (Å²) in [6.07, 6.45) is 1.35. The zero-order valence-electron chi connectivity index (χ0n) is 21.6. The number of hydrogen-bond acceptors (Lipinski definition) is 4. The van der Waals surface area contributed by atoms with Crippen molar-refractivity contribution in [3.05, 3.63) is 71.0 Å². The van der Waals surface area contributed by atoms with Gasteiger partial charge in [-0.2, -0.15) is 0 Å². The number of rotatable bonds is 3. The van der Waals surface area contributed by atoms with E-state index < -0.39 is 29.7 Å². The van der Waals surface area contributed by atoms with Crippen molar-refractivity contribution in [2.45, 2.75) is 52.1 Å². The second kappa shape index (κ2) is 13.0. The molecule has 0 spiro atoms. The van der Waals surface area contributed by atoms with Gasteiger partial charge in [0.05, 0.1) is 18.2 Å². The first-order valence-corrected chi connectivity index (χ1v) is 12.6. The van der Waals surface area contributed by atoms with E-state index in [2.05, 4.69) is 16.0 Å². The molecule has 3 N–H and O–H groups in total. The minimum absolute atomic E-state index is 0.0742. The highest BCUT2D eigenvalue weighted by molar-refractivity contribution is 5.97. The normalized spacial score (nSPS) is 20.0. The number of benzene rings is 2. The quantitative estimate of drug-likeness (QED) is 0.590. The van der Waals surface area contributed by atoms with Gasteiger partial charge in [0, 0.05) is 19.5 Å². The van der Waals surface area contributed by atoms with E-state index in [1.165, 1.54) is 24.0 Å². The third-order valence-corrected chi connectivity index (χ3v) is 6.17. The second-order valence-electron chi connectivity index (χ2n) is 9.81. The molecule has 37 heavy (non-hydrogen) atoms. The summed E-state index contributed by atoms with van der Waals surface area (Å²) < 4.78 is 14.4. The number of aryl methyl sites for hydroxylation is 1. The van der Waals surface area contributed by atoms with E-state index in [1.807, 2.05) is 44.2 Å². The van der Waals surface area contributed by atoms with Gasteiger partial charge in [0.15, 0.2) is 0 Å². The molecular weight excluding hydrogens is 475 g/mol. The Bertz CT molecular complexity index is 1120. The Balaban J connectivity index is 1.93. The fraction of sp³-hybridized carbons (Fsp3) is 0.429. The molecule has 0 saturated heterocycles. The molecule has 2 aromatic carbocycles. The number of halogens is 1. The van der Waals surface area contributed by atoms with Gasteiger partial charge in [-0.1, -0.05) is 50.2 Å². The number of amides is 4. The van der Waals surface area contributed by atoms with Crippen LogP contribution in [0.2, 0.25) is 0 Å². The predicted molar refractivity (Wildman–Crippen MR) is 138 cm³/mol. The molecule has 9 heteroatoms.